The van der Waals surface area contributed by atoms with Crippen LogP contribution in [0.25, 0.3) is 11.0 Å². The van der Waals surface area contributed by atoms with Gasteiger partial charge in [-0.3, -0.25) is 4.79 Å². The molecular formula is C23H34Cl2N2O5. The Bertz CT molecular complexity index is 1020. The van der Waals surface area contributed by atoms with E-state index in [9.17, 15) is 14.7 Å². The van der Waals surface area contributed by atoms with Crippen LogP contribution in [0.2, 0.25) is 0 Å². The molecule has 2 heterocycles. The molecule has 0 radical (unpaired) electrons. The van der Waals surface area contributed by atoms with E-state index in [1.54, 1.807) is 13.0 Å². The average Bonchev–Trinajstić information content (AvgIpc) is 2.61. The van der Waals surface area contributed by atoms with Crippen molar-refractivity contribution in [2.75, 3.05) is 7.11 Å². The molecule has 0 bridgehead atoms. The van der Waals surface area contributed by atoms with Gasteiger partial charge in [-0.25, -0.2) is 4.79 Å². The molecule has 1 aliphatic rings. The molecule has 1 aromatic heterocycles. The molecule has 2 aromatic rings. The highest BCUT2D eigenvalue weighted by molar-refractivity contribution is 5.87. The quantitative estimate of drug-likeness (QED) is 0.492. The molecule has 0 saturated carbocycles. The fourth-order valence-corrected chi connectivity index (χ4v) is 4.96. The number of carbonyl (C=O) groups is 1. The first-order valence-electron chi connectivity index (χ1n) is 10.4. The van der Waals surface area contributed by atoms with Crippen LogP contribution in [-0.4, -0.2) is 30.2 Å². The third-order valence-electron chi connectivity index (χ3n) is 5.94. The van der Waals surface area contributed by atoms with Crippen molar-refractivity contribution in [1.29, 1.82) is 0 Å². The second-order valence-electron chi connectivity index (χ2n) is 9.67. The normalized spacial score (nSPS) is 17.3. The molecule has 1 fully saturated rings. The highest BCUT2D eigenvalue weighted by atomic mass is 35.5. The van der Waals surface area contributed by atoms with Gasteiger partial charge in [0.15, 0.2) is 0 Å². The van der Waals surface area contributed by atoms with Crippen LogP contribution in [0.3, 0.4) is 0 Å². The van der Waals surface area contributed by atoms with E-state index < -0.39 is 11.6 Å². The van der Waals surface area contributed by atoms with E-state index in [-0.39, 0.29) is 53.6 Å². The van der Waals surface area contributed by atoms with E-state index in [1.807, 2.05) is 0 Å². The summed E-state index contributed by atoms with van der Waals surface area (Å²) in [6.07, 6.45) is 1.80. The SMILES string of the molecule is COC(=O)Cc1c(C)c2ccc([O-])c(C[NH2+]C3CC(C)(C)NC(C)(C)C3)c2oc1=O.Cl.Cl. The van der Waals surface area contributed by atoms with Crippen molar-refractivity contribution in [3.8, 4) is 5.75 Å². The summed E-state index contributed by atoms with van der Waals surface area (Å²) in [5, 5.41) is 19.1. The van der Waals surface area contributed by atoms with Crippen molar-refractivity contribution in [3.05, 3.63) is 39.2 Å². The predicted octanol–water partition coefficient (Wildman–Crippen LogP) is 2.11. The Kier molecular flexibility index (Phi) is 9.20. The van der Waals surface area contributed by atoms with Gasteiger partial charge in [0.1, 0.15) is 12.1 Å². The summed E-state index contributed by atoms with van der Waals surface area (Å²) in [5.74, 6) is -0.649. The van der Waals surface area contributed by atoms with Crippen molar-refractivity contribution in [2.45, 2.75) is 77.5 Å². The minimum atomic E-state index is -0.596. The van der Waals surface area contributed by atoms with Crippen molar-refractivity contribution < 1.29 is 24.4 Å². The van der Waals surface area contributed by atoms with Crippen LogP contribution in [-0.2, 0) is 22.5 Å². The number of fused-ring (bicyclic) bond motifs is 1. The molecule has 32 heavy (non-hydrogen) atoms. The van der Waals surface area contributed by atoms with Crippen LogP contribution >= 0.6 is 24.8 Å². The first kappa shape index (κ1) is 28.2. The number of piperidine rings is 1. The summed E-state index contributed by atoms with van der Waals surface area (Å²) in [4.78, 5) is 24.2. The highest BCUT2D eigenvalue weighted by Crippen LogP contribution is 2.29. The molecule has 0 spiro atoms. The number of carbonyl (C=O) groups excluding carboxylic acids is 1. The van der Waals surface area contributed by atoms with E-state index in [4.69, 9.17) is 4.42 Å². The Morgan fingerprint density at radius 3 is 2.34 bits per heavy atom. The number of quaternary nitrogens is 1. The Morgan fingerprint density at radius 1 is 1.19 bits per heavy atom. The molecule has 1 aliphatic heterocycles. The van der Waals surface area contributed by atoms with E-state index in [0.717, 1.165) is 12.8 Å². The van der Waals surface area contributed by atoms with Crippen molar-refractivity contribution >= 4 is 41.8 Å². The summed E-state index contributed by atoms with van der Waals surface area (Å²) in [7, 11) is 1.28. The maximum absolute atomic E-state index is 12.6. The molecule has 3 rings (SSSR count). The van der Waals surface area contributed by atoms with Crippen LogP contribution in [0.15, 0.2) is 21.3 Å². The first-order valence-corrected chi connectivity index (χ1v) is 10.4. The zero-order chi connectivity index (χ0) is 22.3. The molecule has 1 saturated heterocycles. The van der Waals surface area contributed by atoms with Crippen LogP contribution in [0.4, 0.5) is 0 Å². The van der Waals surface area contributed by atoms with Crippen LogP contribution in [0, 0.1) is 6.92 Å². The van der Waals surface area contributed by atoms with Gasteiger partial charge in [-0.2, -0.15) is 0 Å². The number of hydrogen-bond acceptors (Lipinski definition) is 6. The van der Waals surface area contributed by atoms with Gasteiger partial charge in [0, 0.05) is 34.9 Å². The molecule has 180 valence electrons. The average molecular weight is 489 g/mol. The summed E-state index contributed by atoms with van der Waals surface area (Å²) in [5.41, 5.74) is 1.15. The van der Waals surface area contributed by atoms with Gasteiger partial charge in [-0.15, -0.1) is 24.8 Å². The molecule has 1 aromatic carbocycles. The maximum atomic E-state index is 12.6. The molecule has 0 unspecified atom stereocenters. The molecule has 9 heteroatoms. The number of benzene rings is 1. The van der Waals surface area contributed by atoms with Gasteiger partial charge in [-0.1, -0.05) is 17.9 Å². The number of halogens is 2. The predicted molar refractivity (Wildman–Crippen MR) is 127 cm³/mol. The zero-order valence-corrected chi connectivity index (χ0v) is 21.1. The number of ether oxygens (including phenoxy) is 1. The first-order chi connectivity index (χ1) is 13.9. The molecule has 0 atom stereocenters. The molecule has 0 aliphatic carbocycles. The largest absolute Gasteiger partial charge is 0.872 e. The zero-order valence-electron chi connectivity index (χ0n) is 19.5. The summed E-state index contributed by atoms with van der Waals surface area (Å²) < 4.78 is 10.2. The Morgan fingerprint density at radius 2 is 1.78 bits per heavy atom. The lowest BCUT2D eigenvalue weighted by molar-refractivity contribution is -0.709. The summed E-state index contributed by atoms with van der Waals surface area (Å²) >= 11 is 0. The number of hydrogen-bond donors (Lipinski definition) is 2. The number of aryl methyl sites for hydroxylation is 1. The second-order valence-corrected chi connectivity index (χ2v) is 9.67. The summed E-state index contributed by atoms with van der Waals surface area (Å²) in [6, 6.07) is 3.52. The van der Waals surface area contributed by atoms with Crippen LogP contribution in [0.1, 0.15) is 57.2 Å². The number of esters is 1. The Hall–Kier alpha value is -1.80. The third kappa shape index (κ3) is 6.16. The second kappa shape index (κ2) is 10.4. The maximum Gasteiger partial charge on any atom is 0.340 e. The lowest BCUT2D eigenvalue weighted by atomic mass is 9.79. The van der Waals surface area contributed by atoms with Gasteiger partial charge in [-0.05, 0) is 40.2 Å². The van der Waals surface area contributed by atoms with E-state index in [0.29, 0.717) is 34.7 Å². The van der Waals surface area contributed by atoms with E-state index >= 15 is 0 Å². The van der Waals surface area contributed by atoms with E-state index in [1.165, 1.54) is 13.2 Å². The van der Waals surface area contributed by atoms with E-state index in [2.05, 4.69) is 43.1 Å². The van der Waals surface area contributed by atoms with Gasteiger partial charge in [0.25, 0.3) is 0 Å². The number of nitrogens with two attached hydrogens (primary N) is 1. The number of rotatable bonds is 5. The van der Waals surface area contributed by atoms with Gasteiger partial charge in [0.2, 0.25) is 0 Å². The lowest BCUT2D eigenvalue weighted by Crippen LogP contribution is -2.91. The van der Waals surface area contributed by atoms with Gasteiger partial charge >= 0.3 is 11.6 Å². The topological polar surface area (TPSA) is 108 Å². The monoisotopic (exact) mass is 488 g/mol. The molecule has 7 nitrogen and oxygen atoms in total. The fourth-order valence-electron chi connectivity index (χ4n) is 4.96. The van der Waals surface area contributed by atoms with Gasteiger partial charge < -0.3 is 24.9 Å². The summed E-state index contributed by atoms with van der Waals surface area (Å²) in [6.45, 7) is 11.0. The molecule has 3 N–H and O–H groups in total. The standard InChI is InChI=1S/C23H32N2O5.2ClH/c1-13-15-7-8-18(26)17(20(15)30-21(28)16(13)9-19(27)29-6)12-24-14-10-22(2,3)25-23(4,5)11-14;;/h7-8,14,24-26H,9-12H2,1-6H3;2*1H. The lowest BCUT2D eigenvalue weighted by Gasteiger charge is -2.45. The van der Waals surface area contributed by atoms with Gasteiger partial charge in [0.05, 0.1) is 25.1 Å². The third-order valence-corrected chi connectivity index (χ3v) is 5.94. The van der Waals surface area contributed by atoms with Crippen molar-refractivity contribution in [1.82, 2.24) is 5.32 Å². The Labute approximate surface area is 201 Å². The van der Waals surface area contributed by atoms with Crippen LogP contribution < -0.4 is 21.4 Å². The minimum Gasteiger partial charge on any atom is -0.872 e. The fraction of sp³-hybridized carbons (Fsp3) is 0.565. The highest BCUT2D eigenvalue weighted by Gasteiger charge is 2.39. The Balaban J connectivity index is 0.00000256. The number of nitrogens with one attached hydrogen (secondary N) is 1. The molecule has 0 amide bonds. The number of methoxy groups -OCH3 is 1. The minimum absolute atomic E-state index is 0. The smallest absolute Gasteiger partial charge is 0.340 e. The van der Waals surface area contributed by atoms with Crippen molar-refractivity contribution in [2.24, 2.45) is 0 Å². The van der Waals surface area contributed by atoms with Crippen molar-refractivity contribution in [3.63, 3.8) is 0 Å². The van der Waals surface area contributed by atoms with Crippen LogP contribution in [0.5, 0.6) is 5.75 Å². The molecular weight excluding hydrogens is 455 g/mol.